The zero-order valence-electron chi connectivity index (χ0n) is 4.26. The molecule has 0 aromatic heterocycles. The fourth-order valence-corrected chi connectivity index (χ4v) is 0.266. The Kier molecular flexibility index (Phi) is 2.96. The molecular weight excluding hydrogens is 126 g/mol. The topological polar surface area (TPSA) is 32.6 Å². The number of halogens is 1. The summed E-state index contributed by atoms with van der Waals surface area (Å²) < 4.78 is 0. The molecule has 0 radical (unpaired) electrons. The van der Waals surface area contributed by atoms with Crippen molar-refractivity contribution in [1.82, 2.24) is 0 Å². The van der Waals surface area contributed by atoms with Gasteiger partial charge in [-0.2, -0.15) is 0 Å². The lowest BCUT2D eigenvalue weighted by molar-refractivity contribution is 0.410. The van der Waals surface area contributed by atoms with Crippen molar-refractivity contribution in [2.75, 3.05) is 0 Å². The monoisotopic (exact) mass is 131 g/mol. The normalized spacial score (nSPS) is 10.9. The van der Waals surface area contributed by atoms with Crippen LogP contribution in [-0.4, -0.2) is 10.3 Å². The van der Waals surface area contributed by atoms with Crippen molar-refractivity contribution < 1.29 is 5.11 Å². The standard InChI is InChI=1S/C5H6ClNO/c1-3-5(6)7-4(2)8/h3,8H,1-2H2. The van der Waals surface area contributed by atoms with Gasteiger partial charge in [0.05, 0.1) is 0 Å². The molecule has 0 bridgehead atoms. The second kappa shape index (κ2) is 3.27. The molecule has 44 valence electrons. The Balaban J connectivity index is 3.94. The maximum Gasteiger partial charge on any atom is 0.204 e. The molecule has 0 fully saturated rings. The van der Waals surface area contributed by atoms with Gasteiger partial charge in [0.25, 0.3) is 0 Å². The predicted octanol–water partition coefficient (Wildman–Crippen LogP) is 1.84. The second-order valence-corrected chi connectivity index (χ2v) is 1.44. The highest BCUT2D eigenvalue weighted by Crippen LogP contribution is 1.91. The van der Waals surface area contributed by atoms with Gasteiger partial charge in [-0.1, -0.05) is 18.2 Å². The molecule has 0 heterocycles. The molecule has 0 aliphatic carbocycles. The van der Waals surface area contributed by atoms with Crippen LogP contribution in [-0.2, 0) is 0 Å². The van der Waals surface area contributed by atoms with E-state index in [9.17, 15) is 0 Å². The first kappa shape index (κ1) is 7.24. The Labute approximate surface area is 52.8 Å². The summed E-state index contributed by atoms with van der Waals surface area (Å²) in [5.41, 5.74) is 0. The molecule has 0 aromatic carbocycles. The van der Waals surface area contributed by atoms with Crippen molar-refractivity contribution in [3.8, 4) is 0 Å². The molecule has 0 spiro atoms. The zero-order valence-corrected chi connectivity index (χ0v) is 5.02. The predicted molar refractivity (Wildman–Crippen MR) is 35.3 cm³/mol. The van der Waals surface area contributed by atoms with Crippen molar-refractivity contribution in [1.29, 1.82) is 0 Å². The summed E-state index contributed by atoms with van der Waals surface area (Å²) in [6.45, 7) is 6.38. The number of hydrogen-bond acceptors (Lipinski definition) is 2. The van der Waals surface area contributed by atoms with Crippen molar-refractivity contribution in [2.24, 2.45) is 4.99 Å². The van der Waals surface area contributed by atoms with Gasteiger partial charge in [-0.25, -0.2) is 4.99 Å². The molecule has 0 rings (SSSR count). The largest absolute Gasteiger partial charge is 0.494 e. The van der Waals surface area contributed by atoms with Gasteiger partial charge in [0.2, 0.25) is 5.88 Å². The molecular formula is C5H6ClNO. The molecule has 3 heteroatoms. The third-order valence-electron chi connectivity index (χ3n) is 0.404. The van der Waals surface area contributed by atoms with Gasteiger partial charge in [-0.15, -0.1) is 0 Å². The summed E-state index contributed by atoms with van der Waals surface area (Å²) in [4.78, 5) is 3.32. The molecule has 0 saturated heterocycles. The second-order valence-electron chi connectivity index (χ2n) is 1.05. The van der Waals surface area contributed by atoms with Crippen LogP contribution in [0.5, 0.6) is 0 Å². The van der Waals surface area contributed by atoms with Crippen LogP contribution in [0, 0.1) is 0 Å². The summed E-state index contributed by atoms with van der Waals surface area (Å²) in [5.74, 6) is -0.310. The molecule has 0 aliphatic heterocycles. The summed E-state index contributed by atoms with van der Waals surface area (Å²) in [5, 5.41) is 8.48. The molecule has 0 amide bonds. The van der Waals surface area contributed by atoms with Crippen molar-refractivity contribution >= 4 is 16.8 Å². The van der Waals surface area contributed by atoms with Crippen LogP contribution in [0.4, 0.5) is 0 Å². The van der Waals surface area contributed by atoms with Crippen LogP contribution < -0.4 is 0 Å². The summed E-state index contributed by atoms with van der Waals surface area (Å²) >= 11 is 5.27. The highest BCUT2D eigenvalue weighted by molar-refractivity contribution is 6.68. The number of hydrogen-bond donors (Lipinski definition) is 1. The molecule has 0 atom stereocenters. The first-order valence-electron chi connectivity index (χ1n) is 1.91. The lowest BCUT2D eigenvalue weighted by atomic mass is 10.7. The molecule has 0 aromatic rings. The summed E-state index contributed by atoms with van der Waals surface area (Å²) in [7, 11) is 0. The van der Waals surface area contributed by atoms with Crippen molar-refractivity contribution in [3.63, 3.8) is 0 Å². The quantitative estimate of drug-likeness (QED) is 0.450. The maximum absolute atomic E-state index is 8.34. The number of aliphatic hydroxyl groups is 1. The molecule has 2 nitrogen and oxygen atoms in total. The summed E-state index contributed by atoms with van der Waals surface area (Å²) in [6.07, 6.45) is 1.31. The first-order chi connectivity index (χ1) is 3.66. The number of nitrogens with zero attached hydrogens (tertiary/aromatic N) is 1. The van der Waals surface area contributed by atoms with Crippen LogP contribution in [0.2, 0.25) is 0 Å². The fourth-order valence-electron chi connectivity index (χ4n) is 0.169. The lowest BCUT2D eigenvalue weighted by Gasteiger charge is -1.84. The Morgan fingerprint density at radius 3 is 2.38 bits per heavy atom. The number of allylic oxidation sites excluding steroid dienone is 1. The maximum atomic E-state index is 8.34. The van der Waals surface area contributed by atoms with E-state index in [-0.39, 0.29) is 11.1 Å². The molecule has 1 N–H and O–H groups in total. The Hall–Kier alpha value is -0.760. The van der Waals surface area contributed by atoms with Crippen molar-refractivity contribution in [3.05, 3.63) is 25.1 Å². The van der Waals surface area contributed by atoms with Crippen LogP contribution in [0.15, 0.2) is 30.1 Å². The van der Waals surface area contributed by atoms with E-state index in [0.29, 0.717) is 0 Å². The average Bonchev–Trinajstić information content (AvgIpc) is 1.65. The van der Waals surface area contributed by atoms with E-state index < -0.39 is 0 Å². The van der Waals surface area contributed by atoms with Crippen LogP contribution >= 0.6 is 11.6 Å². The molecule has 8 heavy (non-hydrogen) atoms. The third kappa shape index (κ3) is 3.43. The fraction of sp³-hybridized carbons (Fsp3) is 0. The number of aliphatic hydroxyl groups excluding tert-OH is 1. The van der Waals surface area contributed by atoms with Gasteiger partial charge in [-0.05, 0) is 12.7 Å². The van der Waals surface area contributed by atoms with Gasteiger partial charge in [0, 0.05) is 0 Å². The average molecular weight is 132 g/mol. The lowest BCUT2D eigenvalue weighted by Crippen LogP contribution is -1.78. The highest BCUT2D eigenvalue weighted by atomic mass is 35.5. The highest BCUT2D eigenvalue weighted by Gasteiger charge is 1.83. The molecule has 0 saturated carbocycles. The minimum Gasteiger partial charge on any atom is -0.494 e. The minimum absolute atomic E-state index is 0.137. The van der Waals surface area contributed by atoms with Gasteiger partial charge in [0.15, 0.2) is 0 Å². The van der Waals surface area contributed by atoms with Crippen molar-refractivity contribution in [2.45, 2.75) is 0 Å². The van der Waals surface area contributed by atoms with Gasteiger partial charge in [-0.3, -0.25) is 0 Å². The first-order valence-corrected chi connectivity index (χ1v) is 2.29. The molecule has 0 unspecified atom stereocenters. The van der Waals surface area contributed by atoms with E-state index in [1.807, 2.05) is 0 Å². The van der Waals surface area contributed by atoms with Crippen LogP contribution in [0.1, 0.15) is 0 Å². The van der Waals surface area contributed by atoms with E-state index in [2.05, 4.69) is 18.2 Å². The van der Waals surface area contributed by atoms with Crippen LogP contribution in [0.3, 0.4) is 0 Å². The zero-order chi connectivity index (χ0) is 6.57. The Morgan fingerprint density at radius 1 is 1.75 bits per heavy atom. The Bertz CT molecular complexity index is 139. The Morgan fingerprint density at radius 2 is 2.25 bits per heavy atom. The third-order valence-corrected chi connectivity index (χ3v) is 0.643. The number of aliphatic imine (C=N–C) groups is 1. The van der Waals surface area contributed by atoms with E-state index in [0.717, 1.165) is 0 Å². The van der Waals surface area contributed by atoms with E-state index >= 15 is 0 Å². The number of rotatable bonds is 2. The van der Waals surface area contributed by atoms with Gasteiger partial charge in [0.1, 0.15) is 5.17 Å². The van der Waals surface area contributed by atoms with E-state index in [1.54, 1.807) is 0 Å². The van der Waals surface area contributed by atoms with Crippen LogP contribution in [0.25, 0.3) is 0 Å². The van der Waals surface area contributed by atoms with Gasteiger partial charge < -0.3 is 5.11 Å². The minimum atomic E-state index is -0.310. The smallest absolute Gasteiger partial charge is 0.204 e. The SMILES string of the molecule is C=CC(Cl)=NC(=C)O. The van der Waals surface area contributed by atoms with Gasteiger partial charge >= 0.3 is 0 Å². The van der Waals surface area contributed by atoms with E-state index in [1.165, 1.54) is 6.08 Å². The molecule has 0 aliphatic rings. The summed E-state index contributed by atoms with van der Waals surface area (Å²) in [6, 6.07) is 0. The van der Waals surface area contributed by atoms with E-state index in [4.69, 9.17) is 16.7 Å².